The fourth-order valence-electron chi connectivity index (χ4n) is 3.91. The SMILES string of the molecule is NN1C=NC2=C(c3cnn(CC4CCNC4)c3)NN(Cc3ccccc3F)C2=C1. The highest BCUT2D eigenvalue weighted by atomic mass is 19.1. The van der Waals surface area contributed by atoms with Gasteiger partial charge in [-0.05, 0) is 31.5 Å². The minimum atomic E-state index is -0.244. The Balaban J connectivity index is 1.41. The zero-order valence-electron chi connectivity index (χ0n) is 15.9. The van der Waals surface area contributed by atoms with Crippen molar-refractivity contribution in [2.75, 3.05) is 13.1 Å². The lowest BCUT2D eigenvalue weighted by Gasteiger charge is -2.24. The Hall–Kier alpha value is -3.17. The number of halogens is 1. The van der Waals surface area contributed by atoms with Crippen molar-refractivity contribution in [3.8, 4) is 0 Å². The molecule has 1 aromatic heterocycles. The van der Waals surface area contributed by atoms with Gasteiger partial charge in [-0.25, -0.2) is 15.2 Å². The van der Waals surface area contributed by atoms with Crippen LogP contribution in [0.25, 0.3) is 5.70 Å². The number of hydrogen-bond acceptors (Lipinski definition) is 7. The third-order valence-corrected chi connectivity index (χ3v) is 5.42. The highest BCUT2D eigenvalue weighted by Gasteiger charge is 2.31. The van der Waals surface area contributed by atoms with Gasteiger partial charge in [0, 0.05) is 30.1 Å². The Labute approximate surface area is 168 Å². The summed E-state index contributed by atoms with van der Waals surface area (Å²) in [6.45, 7) is 3.33. The standard InChI is InChI=1S/C20H23FN8/c21-17-4-2-1-3-15(17)11-29-18-12-27(22)13-24-20(18)19(26-29)16-8-25-28(10-16)9-14-5-6-23-7-14/h1-4,8,10,12-14,23,26H,5-7,9,11,22H2. The lowest BCUT2D eigenvalue weighted by molar-refractivity contribution is 0.298. The van der Waals surface area contributed by atoms with E-state index in [1.165, 1.54) is 17.5 Å². The van der Waals surface area contributed by atoms with E-state index >= 15 is 0 Å². The number of rotatable bonds is 5. The lowest BCUT2D eigenvalue weighted by atomic mass is 10.1. The van der Waals surface area contributed by atoms with Crippen LogP contribution < -0.4 is 16.6 Å². The second-order valence-corrected chi connectivity index (χ2v) is 7.53. The Kier molecular flexibility index (Phi) is 4.53. The molecule has 5 rings (SSSR count). The number of aromatic nitrogens is 2. The maximum Gasteiger partial charge on any atom is 0.128 e. The zero-order chi connectivity index (χ0) is 19.8. The van der Waals surface area contributed by atoms with Crippen molar-refractivity contribution >= 4 is 12.0 Å². The molecule has 1 unspecified atom stereocenters. The first kappa shape index (κ1) is 17.9. The van der Waals surface area contributed by atoms with Gasteiger partial charge in [0.15, 0.2) is 0 Å². The van der Waals surface area contributed by atoms with Gasteiger partial charge in [-0.2, -0.15) is 5.10 Å². The highest BCUT2D eigenvalue weighted by molar-refractivity contribution is 5.77. The van der Waals surface area contributed by atoms with Crippen molar-refractivity contribution in [1.82, 2.24) is 30.5 Å². The number of nitrogens with one attached hydrogen (secondary N) is 2. The topological polar surface area (TPSA) is 86.7 Å². The molecule has 0 saturated carbocycles. The fourth-order valence-corrected chi connectivity index (χ4v) is 3.91. The normalized spacial score (nSPS) is 20.9. The number of nitrogens with two attached hydrogens (primary N) is 1. The first-order valence-corrected chi connectivity index (χ1v) is 9.72. The van der Waals surface area contributed by atoms with Crippen LogP contribution in [-0.4, -0.2) is 39.2 Å². The fraction of sp³-hybridized carbons (Fsp3) is 0.300. The van der Waals surface area contributed by atoms with E-state index in [1.54, 1.807) is 24.7 Å². The molecule has 1 saturated heterocycles. The average Bonchev–Trinajstić information content (AvgIpc) is 3.45. The third-order valence-electron chi connectivity index (χ3n) is 5.42. The first-order valence-electron chi connectivity index (χ1n) is 9.72. The summed E-state index contributed by atoms with van der Waals surface area (Å²) in [7, 11) is 0. The number of hydrogen-bond donors (Lipinski definition) is 3. The second kappa shape index (κ2) is 7.34. The van der Waals surface area contributed by atoms with Gasteiger partial charge in [-0.3, -0.25) is 20.1 Å². The molecule has 9 heteroatoms. The van der Waals surface area contributed by atoms with Crippen LogP contribution in [0.2, 0.25) is 0 Å². The second-order valence-electron chi connectivity index (χ2n) is 7.53. The molecule has 4 N–H and O–H groups in total. The molecule has 0 amide bonds. The van der Waals surface area contributed by atoms with Crippen molar-refractivity contribution < 1.29 is 4.39 Å². The smallest absolute Gasteiger partial charge is 0.128 e. The number of nitrogens with zero attached hydrogens (tertiary/aromatic N) is 5. The highest BCUT2D eigenvalue weighted by Crippen LogP contribution is 2.34. The molecule has 0 spiro atoms. The van der Waals surface area contributed by atoms with Gasteiger partial charge < -0.3 is 5.32 Å². The maximum absolute atomic E-state index is 14.2. The summed E-state index contributed by atoms with van der Waals surface area (Å²) in [4.78, 5) is 4.50. The molecule has 3 aliphatic rings. The monoisotopic (exact) mass is 394 g/mol. The third kappa shape index (κ3) is 3.50. The van der Waals surface area contributed by atoms with Crippen LogP contribution in [0.1, 0.15) is 17.5 Å². The molecular formula is C20H23FN8. The number of hydrazine groups is 2. The number of fused-ring (bicyclic) bond motifs is 1. The summed E-state index contributed by atoms with van der Waals surface area (Å²) in [5.74, 6) is 6.25. The molecule has 0 bridgehead atoms. The van der Waals surface area contributed by atoms with Crippen molar-refractivity contribution in [3.05, 3.63) is 71.2 Å². The van der Waals surface area contributed by atoms with Crippen LogP contribution in [0.15, 0.2) is 59.2 Å². The van der Waals surface area contributed by atoms with Crippen LogP contribution in [0.3, 0.4) is 0 Å². The van der Waals surface area contributed by atoms with Crippen molar-refractivity contribution in [3.63, 3.8) is 0 Å². The Morgan fingerprint density at radius 1 is 1.28 bits per heavy atom. The minimum absolute atomic E-state index is 0.244. The van der Waals surface area contributed by atoms with Crippen molar-refractivity contribution in [2.24, 2.45) is 16.8 Å². The van der Waals surface area contributed by atoms with E-state index < -0.39 is 0 Å². The van der Waals surface area contributed by atoms with E-state index in [1.807, 2.05) is 28.2 Å². The molecule has 3 aliphatic heterocycles. The summed E-state index contributed by atoms with van der Waals surface area (Å²) >= 11 is 0. The van der Waals surface area contributed by atoms with E-state index in [0.717, 1.165) is 42.3 Å². The van der Waals surface area contributed by atoms with E-state index in [2.05, 4.69) is 20.8 Å². The van der Waals surface area contributed by atoms with E-state index in [4.69, 9.17) is 5.84 Å². The molecule has 2 aromatic rings. The van der Waals surface area contributed by atoms with Crippen LogP contribution in [0.4, 0.5) is 4.39 Å². The van der Waals surface area contributed by atoms with E-state index in [9.17, 15) is 4.39 Å². The maximum atomic E-state index is 14.2. The Morgan fingerprint density at radius 2 is 2.17 bits per heavy atom. The Morgan fingerprint density at radius 3 is 3.00 bits per heavy atom. The van der Waals surface area contributed by atoms with E-state index in [0.29, 0.717) is 18.0 Å². The number of benzene rings is 1. The molecule has 1 fully saturated rings. The van der Waals surface area contributed by atoms with E-state index in [-0.39, 0.29) is 5.82 Å². The predicted octanol–water partition coefficient (Wildman–Crippen LogP) is 1.38. The average molecular weight is 394 g/mol. The molecule has 150 valence electrons. The first-order chi connectivity index (χ1) is 14.2. The quantitative estimate of drug-likeness (QED) is 0.665. The molecular weight excluding hydrogens is 371 g/mol. The van der Waals surface area contributed by atoms with Crippen molar-refractivity contribution in [2.45, 2.75) is 19.5 Å². The summed E-state index contributed by atoms with van der Waals surface area (Å²) in [5, 5.41) is 11.2. The summed E-state index contributed by atoms with van der Waals surface area (Å²) < 4.78 is 16.2. The zero-order valence-corrected chi connectivity index (χ0v) is 15.9. The molecule has 0 radical (unpaired) electrons. The van der Waals surface area contributed by atoms with Gasteiger partial charge in [-0.15, -0.1) is 0 Å². The molecule has 0 aliphatic carbocycles. The van der Waals surface area contributed by atoms with Gasteiger partial charge in [0.2, 0.25) is 0 Å². The van der Waals surface area contributed by atoms with Gasteiger partial charge in [0.25, 0.3) is 0 Å². The van der Waals surface area contributed by atoms with Gasteiger partial charge in [0.1, 0.15) is 23.5 Å². The summed E-state index contributed by atoms with van der Waals surface area (Å²) in [5.41, 5.74) is 7.30. The Bertz CT molecular complexity index is 1000. The minimum Gasteiger partial charge on any atom is -0.316 e. The molecule has 8 nitrogen and oxygen atoms in total. The summed E-state index contributed by atoms with van der Waals surface area (Å²) in [6, 6.07) is 6.75. The van der Waals surface area contributed by atoms with Crippen LogP contribution in [0.5, 0.6) is 0 Å². The lowest BCUT2D eigenvalue weighted by Crippen LogP contribution is -2.33. The van der Waals surface area contributed by atoms with Crippen molar-refractivity contribution in [1.29, 1.82) is 0 Å². The summed E-state index contributed by atoms with van der Waals surface area (Å²) in [6.07, 6.45) is 8.37. The van der Waals surface area contributed by atoms with Gasteiger partial charge in [-0.1, -0.05) is 18.2 Å². The molecule has 1 atom stereocenters. The van der Waals surface area contributed by atoms with Gasteiger partial charge >= 0.3 is 0 Å². The molecule has 29 heavy (non-hydrogen) atoms. The molecule has 4 heterocycles. The van der Waals surface area contributed by atoms with Gasteiger partial charge in [0.05, 0.1) is 18.4 Å². The van der Waals surface area contributed by atoms with Crippen LogP contribution >= 0.6 is 0 Å². The van der Waals surface area contributed by atoms with Crippen LogP contribution in [-0.2, 0) is 13.1 Å². The largest absolute Gasteiger partial charge is 0.316 e. The van der Waals surface area contributed by atoms with Crippen LogP contribution in [0, 0.1) is 11.7 Å². The predicted molar refractivity (Wildman–Crippen MR) is 108 cm³/mol. The number of aliphatic imine (C=N–C) groups is 1. The molecule has 1 aromatic carbocycles.